The van der Waals surface area contributed by atoms with Crippen LogP contribution in [0.25, 0.3) is 21.8 Å². The topological polar surface area (TPSA) is 61.3 Å². The van der Waals surface area contributed by atoms with Gasteiger partial charge in [0.2, 0.25) is 0 Å². The monoisotopic (exact) mass is 272 g/mol. The van der Waals surface area contributed by atoms with Gasteiger partial charge in [0.15, 0.2) is 11.6 Å². The van der Waals surface area contributed by atoms with E-state index < -0.39 is 0 Å². The number of ether oxygens (including phenoxy) is 1. The molecule has 0 aliphatic heterocycles. The second-order valence-electron chi connectivity index (χ2n) is 3.98. The molecule has 0 atom stereocenters. The number of hydrogen-bond acceptors (Lipinski definition) is 5. The Morgan fingerprint density at radius 1 is 1.21 bits per heavy atom. The number of benzene rings is 1. The number of thiophene rings is 1. The molecule has 0 aliphatic rings. The fourth-order valence-corrected chi connectivity index (χ4v) is 2.62. The van der Waals surface area contributed by atoms with Crippen molar-refractivity contribution in [3.63, 3.8) is 0 Å². The van der Waals surface area contributed by atoms with Gasteiger partial charge in [-0.2, -0.15) is 0 Å². The molecule has 3 rings (SSSR count). The first-order valence-electron chi connectivity index (χ1n) is 5.73. The maximum absolute atomic E-state index is 5.92. The van der Waals surface area contributed by atoms with E-state index in [0.29, 0.717) is 11.6 Å². The Kier molecular flexibility index (Phi) is 2.97. The minimum atomic E-state index is 0.397. The zero-order valence-corrected chi connectivity index (χ0v) is 11.1. The van der Waals surface area contributed by atoms with Crippen molar-refractivity contribution < 1.29 is 9.26 Å². The summed E-state index contributed by atoms with van der Waals surface area (Å²) in [5.41, 5.74) is 7.70. The Morgan fingerprint density at radius 3 is 2.63 bits per heavy atom. The fourth-order valence-electron chi connectivity index (χ4n) is 1.92. The molecular weight excluding hydrogens is 260 g/mol. The summed E-state index contributed by atoms with van der Waals surface area (Å²) >= 11 is 1.59. The Hall–Kier alpha value is -2.27. The third-order valence-electron chi connectivity index (χ3n) is 2.84. The quantitative estimate of drug-likeness (QED) is 0.790. The lowest BCUT2D eigenvalue weighted by Gasteiger charge is -2.03. The standard InChI is InChI=1S/C14H12N2O2S/c1-17-10-6-4-9(5-7-10)12-13(18-16-14(12)15)11-3-2-8-19-11/h2-8H,1H3,(H2,15,16). The maximum Gasteiger partial charge on any atom is 0.186 e. The largest absolute Gasteiger partial charge is 0.497 e. The van der Waals surface area contributed by atoms with Gasteiger partial charge in [-0.1, -0.05) is 23.4 Å². The highest BCUT2D eigenvalue weighted by Gasteiger charge is 2.18. The average Bonchev–Trinajstić information content (AvgIpc) is 3.08. The van der Waals surface area contributed by atoms with Gasteiger partial charge in [0.25, 0.3) is 0 Å². The zero-order valence-electron chi connectivity index (χ0n) is 10.3. The van der Waals surface area contributed by atoms with E-state index in [2.05, 4.69) is 5.16 Å². The molecule has 0 saturated carbocycles. The molecule has 96 valence electrons. The van der Waals surface area contributed by atoms with E-state index >= 15 is 0 Å². The van der Waals surface area contributed by atoms with Crippen LogP contribution in [0.1, 0.15) is 0 Å². The lowest BCUT2D eigenvalue weighted by Crippen LogP contribution is -1.89. The number of nitrogens with zero attached hydrogens (tertiary/aromatic N) is 1. The Morgan fingerprint density at radius 2 is 2.00 bits per heavy atom. The van der Waals surface area contributed by atoms with Crippen LogP contribution < -0.4 is 10.5 Å². The molecule has 1 aromatic carbocycles. The molecule has 0 unspecified atom stereocenters. The van der Waals surface area contributed by atoms with Gasteiger partial charge >= 0.3 is 0 Å². The summed E-state index contributed by atoms with van der Waals surface area (Å²) in [4.78, 5) is 1.01. The number of hydrogen-bond donors (Lipinski definition) is 1. The molecule has 5 heteroatoms. The van der Waals surface area contributed by atoms with E-state index in [0.717, 1.165) is 21.8 Å². The van der Waals surface area contributed by atoms with Crippen molar-refractivity contribution in [2.24, 2.45) is 0 Å². The summed E-state index contributed by atoms with van der Waals surface area (Å²) in [5.74, 6) is 1.91. The van der Waals surface area contributed by atoms with Gasteiger partial charge < -0.3 is 15.0 Å². The van der Waals surface area contributed by atoms with Gasteiger partial charge in [0, 0.05) is 0 Å². The Labute approximate surface area is 114 Å². The summed E-state index contributed by atoms with van der Waals surface area (Å²) in [6, 6.07) is 11.6. The number of rotatable bonds is 3. The molecule has 0 radical (unpaired) electrons. The summed E-state index contributed by atoms with van der Waals surface area (Å²) < 4.78 is 10.5. The molecule has 4 nitrogen and oxygen atoms in total. The van der Waals surface area contributed by atoms with Crippen LogP contribution in [0.5, 0.6) is 5.75 Å². The average molecular weight is 272 g/mol. The molecule has 2 N–H and O–H groups in total. The van der Waals surface area contributed by atoms with Crippen LogP contribution in [0.2, 0.25) is 0 Å². The molecular formula is C14H12N2O2S. The SMILES string of the molecule is COc1ccc(-c2c(N)noc2-c2cccs2)cc1. The second kappa shape index (κ2) is 4.78. The molecule has 2 heterocycles. The van der Waals surface area contributed by atoms with Crippen LogP contribution in [-0.4, -0.2) is 12.3 Å². The van der Waals surface area contributed by atoms with Gasteiger partial charge in [-0.15, -0.1) is 11.3 Å². The highest BCUT2D eigenvalue weighted by molar-refractivity contribution is 7.13. The second-order valence-corrected chi connectivity index (χ2v) is 4.93. The summed E-state index contributed by atoms with van der Waals surface area (Å²) in [6.45, 7) is 0. The van der Waals surface area contributed by atoms with Gasteiger partial charge in [-0.25, -0.2) is 0 Å². The number of aromatic nitrogens is 1. The van der Waals surface area contributed by atoms with E-state index in [-0.39, 0.29) is 0 Å². The minimum absolute atomic E-state index is 0.397. The van der Waals surface area contributed by atoms with Crippen LogP contribution in [-0.2, 0) is 0 Å². The van der Waals surface area contributed by atoms with E-state index in [4.69, 9.17) is 15.0 Å². The summed E-state index contributed by atoms with van der Waals surface area (Å²) in [5, 5.41) is 5.86. The number of nitrogens with two attached hydrogens (primary N) is 1. The van der Waals surface area contributed by atoms with Crippen LogP contribution >= 0.6 is 11.3 Å². The number of anilines is 1. The fraction of sp³-hybridized carbons (Fsp3) is 0.0714. The third kappa shape index (κ3) is 2.08. The van der Waals surface area contributed by atoms with Crippen molar-refractivity contribution in [2.75, 3.05) is 12.8 Å². The molecule has 3 aromatic rings. The highest BCUT2D eigenvalue weighted by atomic mass is 32.1. The molecule has 0 aliphatic carbocycles. The lowest BCUT2D eigenvalue weighted by molar-refractivity contribution is 0.415. The first-order valence-corrected chi connectivity index (χ1v) is 6.61. The summed E-state index contributed by atoms with van der Waals surface area (Å²) in [7, 11) is 1.64. The maximum atomic E-state index is 5.92. The molecule has 0 spiro atoms. The van der Waals surface area contributed by atoms with Gasteiger partial charge in [0.05, 0.1) is 17.6 Å². The first-order chi connectivity index (χ1) is 9.29. The minimum Gasteiger partial charge on any atom is -0.497 e. The predicted molar refractivity (Wildman–Crippen MR) is 76.2 cm³/mol. The first kappa shape index (κ1) is 11.8. The van der Waals surface area contributed by atoms with Crippen molar-refractivity contribution in [2.45, 2.75) is 0 Å². The Balaban J connectivity index is 2.11. The van der Waals surface area contributed by atoms with Crippen LogP contribution in [0, 0.1) is 0 Å². The molecule has 0 saturated heterocycles. The van der Waals surface area contributed by atoms with E-state index in [1.807, 2.05) is 41.8 Å². The van der Waals surface area contributed by atoms with Crippen LogP contribution in [0.3, 0.4) is 0 Å². The lowest BCUT2D eigenvalue weighted by atomic mass is 10.1. The molecule has 19 heavy (non-hydrogen) atoms. The van der Waals surface area contributed by atoms with Crippen molar-refractivity contribution >= 4 is 17.2 Å². The van der Waals surface area contributed by atoms with Crippen molar-refractivity contribution in [3.8, 4) is 27.5 Å². The van der Waals surface area contributed by atoms with Crippen molar-refractivity contribution in [1.29, 1.82) is 0 Å². The highest BCUT2D eigenvalue weighted by Crippen LogP contribution is 2.38. The third-order valence-corrected chi connectivity index (χ3v) is 3.71. The summed E-state index contributed by atoms with van der Waals surface area (Å²) in [6.07, 6.45) is 0. The van der Waals surface area contributed by atoms with Crippen LogP contribution in [0.4, 0.5) is 5.82 Å². The Bertz CT molecular complexity index is 672. The van der Waals surface area contributed by atoms with Crippen molar-refractivity contribution in [1.82, 2.24) is 5.16 Å². The molecule has 2 aromatic heterocycles. The predicted octanol–water partition coefficient (Wildman–Crippen LogP) is 3.66. The van der Waals surface area contributed by atoms with Crippen LogP contribution in [0.15, 0.2) is 46.3 Å². The van der Waals surface area contributed by atoms with Gasteiger partial charge in [0.1, 0.15) is 5.75 Å². The number of methoxy groups -OCH3 is 1. The van der Waals surface area contributed by atoms with E-state index in [9.17, 15) is 0 Å². The number of nitrogen functional groups attached to an aromatic ring is 1. The molecule has 0 amide bonds. The zero-order chi connectivity index (χ0) is 13.2. The van der Waals surface area contributed by atoms with Crippen molar-refractivity contribution in [3.05, 3.63) is 41.8 Å². The normalized spacial score (nSPS) is 10.6. The van der Waals surface area contributed by atoms with Gasteiger partial charge in [-0.05, 0) is 29.1 Å². The van der Waals surface area contributed by atoms with E-state index in [1.165, 1.54) is 0 Å². The van der Waals surface area contributed by atoms with E-state index in [1.54, 1.807) is 18.4 Å². The molecule has 0 fully saturated rings. The van der Waals surface area contributed by atoms with Gasteiger partial charge in [-0.3, -0.25) is 0 Å². The smallest absolute Gasteiger partial charge is 0.186 e. The molecule has 0 bridgehead atoms.